The van der Waals surface area contributed by atoms with Gasteiger partial charge >= 0.3 is 5.97 Å². The minimum Gasteiger partial charge on any atom is -0.479 e. The zero-order valence-corrected chi connectivity index (χ0v) is 35.8. The predicted octanol–water partition coefficient (Wildman–Crippen LogP) is -12.9. The lowest BCUT2D eigenvalue weighted by molar-refractivity contribution is -0.394. The SMILES string of the molecule is C[C@@H]1OC(C(=O)O)[C@@H](O[C@@H]2OC(CO)[C@@H](O[C@@H]3OC(CO)[C@@H](O[C@@H]4OC(CO)[C@@H](O[C@@H]5OC(CO)[C@H](O[C@@H]6OC(CO)[C@H](O)[C@H](O)C6O)[C@H](O)C5O)[C@H](O)C4O)[C@H](O)C3O)[C@H](O)C2O)[C@H](O)C1O. The number of rotatable bonds is 16. The monoisotopic (exact) mass is 1000 g/mol. The maximum Gasteiger partial charge on any atom is 0.335 e. The van der Waals surface area contributed by atoms with E-state index in [1.807, 2.05) is 0 Å². The van der Waals surface area contributed by atoms with Crippen LogP contribution in [0.3, 0.4) is 0 Å². The highest BCUT2D eigenvalue weighted by Gasteiger charge is 2.57. The lowest BCUT2D eigenvalue weighted by Crippen LogP contribution is -2.68. The molecule has 0 aromatic rings. The van der Waals surface area contributed by atoms with Crippen LogP contribution < -0.4 is 0 Å². The first kappa shape index (κ1) is 55.6. The predicted molar refractivity (Wildman–Crippen MR) is 203 cm³/mol. The molecule has 6 aliphatic rings. The molecule has 0 amide bonds. The molecule has 68 heavy (non-hydrogen) atoms. The van der Waals surface area contributed by atoms with Gasteiger partial charge in [-0.05, 0) is 6.92 Å². The third kappa shape index (κ3) is 11.1. The van der Waals surface area contributed by atoms with Gasteiger partial charge in [-0.1, -0.05) is 0 Å². The Labute approximate surface area is 383 Å². The number of hydrogen-bond donors (Lipinski definition) is 19. The first-order valence-corrected chi connectivity index (χ1v) is 21.5. The molecule has 0 aromatic carbocycles. The maximum atomic E-state index is 11.9. The summed E-state index contributed by atoms with van der Waals surface area (Å²) in [5.74, 6) is -1.62. The standard InChI is InChI=1S/C37H62O31/c1-7-13(43)16(46)30(31(58-7)32(56)57)68-37-25(55)20(50)29(12(6-42)63-37)67-36-24(54)19(49)28(11(5-41)62-36)66-35-23(53)18(48)27(10(4-40)61-35)65-34-22(52)17(47)26(9(3-39)60-34)64-33-21(51)15(45)14(44)8(2-38)59-33/h7-31,33-55H,2-6H2,1H3,(H,56,57)/t7-,8?,9?,10?,11?,12?,13?,14-,15-,16+,17+,18+,19+,20+,21?,22?,23?,24?,25?,26-,27+,28+,29+,30-,31?,33-,34-,35-,36-,37-/m0/s1. The zero-order valence-electron chi connectivity index (χ0n) is 35.8. The molecule has 396 valence electrons. The zero-order chi connectivity index (χ0) is 50.2. The van der Waals surface area contributed by atoms with Gasteiger partial charge in [-0.25, -0.2) is 4.79 Å². The Bertz CT molecular complexity index is 1580. The summed E-state index contributed by atoms with van der Waals surface area (Å²) >= 11 is 0. The topological polar surface area (TPSA) is 503 Å². The third-order valence-corrected chi connectivity index (χ3v) is 12.7. The summed E-state index contributed by atoms with van der Waals surface area (Å²) in [6.45, 7) is -3.58. The molecule has 6 aliphatic heterocycles. The van der Waals surface area contributed by atoms with Crippen LogP contribution in [0.1, 0.15) is 6.92 Å². The summed E-state index contributed by atoms with van der Waals surface area (Å²) in [6, 6.07) is 0. The van der Waals surface area contributed by atoms with Gasteiger partial charge in [0.05, 0.1) is 39.1 Å². The molecule has 0 radical (unpaired) electrons. The molecule has 0 saturated carbocycles. The van der Waals surface area contributed by atoms with Gasteiger partial charge in [0.1, 0.15) is 140 Å². The molecule has 12 unspecified atom stereocenters. The van der Waals surface area contributed by atoms with Gasteiger partial charge in [0.25, 0.3) is 0 Å². The van der Waals surface area contributed by atoms with E-state index in [9.17, 15) is 102 Å². The number of carboxylic acid groups (broad SMARTS) is 1. The fraction of sp³-hybridized carbons (Fsp3) is 0.973. The van der Waals surface area contributed by atoms with Crippen LogP contribution in [0.2, 0.25) is 0 Å². The summed E-state index contributed by atoms with van der Waals surface area (Å²) in [6.07, 6.45) is -56.5. The second kappa shape index (κ2) is 23.5. The molecule has 31 nitrogen and oxygen atoms in total. The second-order valence-electron chi connectivity index (χ2n) is 17.1. The van der Waals surface area contributed by atoms with Crippen LogP contribution in [0.25, 0.3) is 0 Å². The number of aliphatic hydroxyl groups excluding tert-OH is 18. The summed E-state index contributed by atoms with van der Waals surface area (Å²) in [7, 11) is 0. The van der Waals surface area contributed by atoms with E-state index in [0.29, 0.717) is 0 Å². The summed E-state index contributed by atoms with van der Waals surface area (Å²) in [4.78, 5) is 11.9. The first-order chi connectivity index (χ1) is 32.1. The van der Waals surface area contributed by atoms with Crippen molar-refractivity contribution in [2.75, 3.05) is 33.0 Å². The van der Waals surface area contributed by atoms with Crippen molar-refractivity contribution in [1.29, 1.82) is 0 Å². The van der Waals surface area contributed by atoms with Crippen molar-refractivity contribution in [2.45, 2.75) is 191 Å². The Morgan fingerprint density at radius 1 is 0.338 bits per heavy atom. The van der Waals surface area contributed by atoms with Crippen LogP contribution in [-0.4, -0.2) is 320 Å². The second-order valence-corrected chi connectivity index (χ2v) is 17.1. The lowest BCUT2D eigenvalue weighted by Gasteiger charge is -2.49. The Balaban J connectivity index is 1.07. The minimum absolute atomic E-state index is 0.832. The van der Waals surface area contributed by atoms with Crippen molar-refractivity contribution in [1.82, 2.24) is 0 Å². The van der Waals surface area contributed by atoms with Gasteiger partial charge in [0.2, 0.25) is 0 Å². The molecular weight excluding hydrogens is 940 g/mol. The first-order valence-electron chi connectivity index (χ1n) is 21.5. The van der Waals surface area contributed by atoms with Crippen LogP contribution >= 0.6 is 0 Å². The van der Waals surface area contributed by atoms with Gasteiger partial charge in [-0.2, -0.15) is 0 Å². The number of carboxylic acids is 1. The van der Waals surface area contributed by atoms with Gasteiger partial charge in [-0.15, -0.1) is 0 Å². The number of hydrogen-bond acceptors (Lipinski definition) is 30. The maximum absolute atomic E-state index is 11.9. The fourth-order valence-corrected chi connectivity index (χ4v) is 8.68. The van der Waals surface area contributed by atoms with E-state index < -0.39 is 223 Å². The molecule has 6 rings (SSSR count). The normalized spacial score (nSPS) is 52.7. The van der Waals surface area contributed by atoms with E-state index in [2.05, 4.69) is 0 Å². The lowest BCUT2D eigenvalue weighted by atomic mass is 9.94. The highest BCUT2D eigenvalue weighted by Crippen LogP contribution is 2.36. The van der Waals surface area contributed by atoms with E-state index in [1.165, 1.54) is 6.92 Å². The van der Waals surface area contributed by atoms with E-state index in [4.69, 9.17) is 52.1 Å². The largest absolute Gasteiger partial charge is 0.479 e. The molecule has 6 fully saturated rings. The van der Waals surface area contributed by atoms with E-state index >= 15 is 0 Å². The number of carbonyl (C=O) groups is 1. The van der Waals surface area contributed by atoms with Crippen LogP contribution in [0, 0.1) is 0 Å². The molecule has 31 heteroatoms. The highest BCUT2D eigenvalue weighted by molar-refractivity contribution is 5.73. The number of aliphatic carboxylic acids is 1. The number of aliphatic hydroxyl groups is 18. The van der Waals surface area contributed by atoms with E-state index in [0.717, 1.165) is 0 Å². The Kier molecular flexibility index (Phi) is 19.2. The molecule has 30 atom stereocenters. The summed E-state index contributed by atoms with van der Waals surface area (Å²) < 4.78 is 60.6. The van der Waals surface area contributed by atoms with Gasteiger partial charge in [0.15, 0.2) is 37.6 Å². The van der Waals surface area contributed by atoms with Crippen LogP contribution in [0.4, 0.5) is 0 Å². The molecule has 0 aliphatic carbocycles. The van der Waals surface area contributed by atoms with Crippen LogP contribution in [0.15, 0.2) is 0 Å². The van der Waals surface area contributed by atoms with Crippen molar-refractivity contribution < 1.29 is 154 Å². The van der Waals surface area contributed by atoms with Crippen molar-refractivity contribution in [3.63, 3.8) is 0 Å². The minimum atomic E-state index is -2.19. The average molecular weight is 1000 g/mol. The third-order valence-electron chi connectivity index (χ3n) is 12.7. The fourth-order valence-electron chi connectivity index (χ4n) is 8.68. The quantitative estimate of drug-likeness (QED) is 0.0683. The van der Waals surface area contributed by atoms with E-state index in [-0.39, 0.29) is 0 Å². The highest BCUT2D eigenvalue weighted by atomic mass is 16.8. The number of ether oxygens (including phenoxy) is 11. The summed E-state index contributed by atoms with van der Waals surface area (Å²) in [5.41, 5.74) is 0. The molecule has 0 spiro atoms. The molecule has 6 saturated heterocycles. The Morgan fingerprint density at radius 3 is 0.868 bits per heavy atom. The molecular formula is C37H62O31. The molecule has 0 bridgehead atoms. The van der Waals surface area contributed by atoms with Gasteiger partial charge < -0.3 is 149 Å². The molecule has 0 aromatic heterocycles. The molecule has 19 N–H and O–H groups in total. The Morgan fingerprint density at radius 2 is 0.588 bits per heavy atom. The van der Waals surface area contributed by atoms with Crippen molar-refractivity contribution in [2.24, 2.45) is 0 Å². The van der Waals surface area contributed by atoms with E-state index in [1.54, 1.807) is 0 Å². The molecule has 6 heterocycles. The van der Waals surface area contributed by atoms with Crippen LogP contribution in [0.5, 0.6) is 0 Å². The van der Waals surface area contributed by atoms with Gasteiger partial charge in [0, 0.05) is 0 Å². The summed E-state index contributed by atoms with van der Waals surface area (Å²) in [5, 5.41) is 200. The van der Waals surface area contributed by atoms with Crippen molar-refractivity contribution in [3.8, 4) is 0 Å². The van der Waals surface area contributed by atoms with Crippen molar-refractivity contribution >= 4 is 5.97 Å². The van der Waals surface area contributed by atoms with Crippen molar-refractivity contribution in [3.05, 3.63) is 0 Å². The van der Waals surface area contributed by atoms with Crippen LogP contribution in [-0.2, 0) is 56.9 Å². The smallest absolute Gasteiger partial charge is 0.335 e. The average Bonchev–Trinajstić information content (AvgIpc) is 3.32. The van der Waals surface area contributed by atoms with Gasteiger partial charge in [-0.3, -0.25) is 0 Å². The Hall–Kier alpha value is -1.69.